The van der Waals surface area contributed by atoms with Crippen molar-refractivity contribution in [1.29, 1.82) is 0 Å². The first-order valence-electron chi connectivity index (χ1n) is 9.95. The van der Waals surface area contributed by atoms with Crippen LogP contribution in [0.1, 0.15) is 43.9 Å². The molecule has 0 bridgehead atoms. The molecule has 0 aromatic heterocycles. The van der Waals surface area contributed by atoms with Crippen LogP contribution in [0.3, 0.4) is 0 Å². The van der Waals surface area contributed by atoms with Gasteiger partial charge >= 0.3 is 0 Å². The third-order valence-corrected chi connectivity index (χ3v) is 7.42. The molecular formula is C25H30NOP. The number of hydrogen-bond donors (Lipinski definition) is 2. The van der Waals surface area contributed by atoms with E-state index in [0.717, 1.165) is 11.8 Å². The Balaban J connectivity index is 1.80. The van der Waals surface area contributed by atoms with E-state index < -0.39 is 14.0 Å². The van der Waals surface area contributed by atoms with Gasteiger partial charge < -0.3 is 10.4 Å². The van der Waals surface area contributed by atoms with E-state index in [0.29, 0.717) is 5.92 Å². The molecule has 0 saturated carbocycles. The van der Waals surface area contributed by atoms with Gasteiger partial charge in [-0.1, -0.05) is 98.8 Å². The molecule has 3 heteroatoms. The molecule has 0 fully saturated rings. The minimum Gasteiger partial charge on any atom is -0.387 e. The molecular weight excluding hydrogens is 361 g/mol. The Kier molecular flexibility index (Phi) is 7.39. The normalized spacial score (nSPS) is 14.6. The quantitative estimate of drug-likeness (QED) is 0.535. The highest BCUT2D eigenvalue weighted by Crippen LogP contribution is 2.33. The van der Waals surface area contributed by atoms with E-state index in [1.54, 1.807) is 0 Å². The van der Waals surface area contributed by atoms with Crippen LogP contribution in [-0.4, -0.2) is 17.4 Å². The number of hydrogen-bond acceptors (Lipinski definition) is 2. The SMILES string of the molecule is CC(C)c1cccc(P(CN[C@@H](C)[C@H](O)c2ccccc2)c2ccccc2)c1. The standard InChI is InChI=1S/C25H30NOP/c1-19(2)22-13-10-16-24(17-22)28(23-14-8-5-9-15-23)18-26-20(3)25(27)21-11-6-4-7-12-21/h4-17,19-20,25-27H,18H2,1-3H3/t20-,25-,28?/m0/s1. The van der Waals surface area contributed by atoms with Crippen LogP contribution in [0, 0.1) is 0 Å². The van der Waals surface area contributed by atoms with Crippen LogP contribution >= 0.6 is 7.92 Å². The van der Waals surface area contributed by atoms with Crippen molar-refractivity contribution >= 4 is 18.5 Å². The van der Waals surface area contributed by atoms with Crippen LogP contribution in [0.5, 0.6) is 0 Å². The predicted molar refractivity (Wildman–Crippen MR) is 122 cm³/mol. The maximum Gasteiger partial charge on any atom is 0.0940 e. The third-order valence-electron chi connectivity index (χ3n) is 5.10. The van der Waals surface area contributed by atoms with E-state index >= 15 is 0 Å². The summed E-state index contributed by atoms with van der Waals surface area (Å²) in [5.41, 5.74) is 2.33. The first-order chi connectivity index (χ1) is 13.6. The van der Waals surface area contributed by atoms with Crippen molar-refractivity contribution in [2.75, 3.05) is 6.29 Å². The summed E-state index contributed by atoms with van der Waals surface area (Å²) in [4.78, 5) is 0. The predicted octanol–water partition coefficient (Wildman–Crippen LogP) is 4.91. The molecule has 0 aliphatic heterocycles. The highest BCUT2D eigenvalue weighted by Gasteiger charge is 2.20. The Labute approximate surface area is 170 Å². The van der Waals surface area contributed by atoms with E-state index in [9.17, 15) is 5.11 Å². The lowest BCUT2D eigenvalue weighted by Crippen LogP contribution is -2.34. The van der Waals surface area contributed by atoms with E-state index in [1.807, 2.05) is 30.3 Å². The monoisotopic (exact) mass is 391 g/mol. The molecule has 2 nitrogen and oxygen atoms in total. The summed E-state index contributed by atoms with van der Waals surface area (Å²) in [5, 5.41) is 17.0. The average molecular weight is 391 g/mol. The van der Waals surface area contributed by atoms with Gasteiger partial charge in [0, 0.05) is 12.3 Å². The molecule has 0 heterocycles. The molecule has 28 heavy (non-hydrogen) atoms. The van der Waals surface area contributed by atoms with Crippen molar-refractivity contribution in [3.63, 3.8) is 0 Å². The van der Waals surface area contributed by atoms with Crippen molar-refractivity contribution in [1.82, 2.24) is 5.32 Å². The van der Waals surface area contributed by atoms with Crippen LogP contribution in [-0.2, 0) is 0 Å². The molecule has 0 aliphatic rings. The maximum absolute atomic E-state index is 10.7. The molecule has 0 amide bonds. The van der Waals surface area contributed by atoms with Gasteiger partial charge in [0.2, 0.25) is 0 Å². The van der Waals surface area contributed by atoms with Crippen molar-refractivity contribution < 1.29 is 5.11 Å². The molecule has 0 spiro atoms. The van der Waals surface area contributed by atoms with Gasteiger partial charge in [-0.25, -0.2) is 0 Å². The van der Waals surface area contributed by atoms with Crippen molar-refractivity contribution in [3.05, 3.63) is 96.1 Å². The molecule has 3 aromatic rings. The van der Waals surface area contributed by atoms with Crippen molar-refractivity contribution in [2.45, 2.75) is 38.8 Å². The second-order valence-corrected chi connectivity index (χ2v) is 9.72. The minimum absolute atomic E-state index is 0.0237. The van der Waals surface area contributed by atoms with Gasteiger partial charge in [0.15, 0.2) is 0 Å². The van der Waals surface area contributed by atoms with Gasteiger partial charge in [-0.05, 0) is 42.5 Å². The molecule has 3 rings (SSSR count). The summed E-state index contributed by atoms with van der Waals surface area (Å²) in [7, 11) is -0.540. The zero-order chi connectivity index (χ0) is 19.9. The number of rotatable bonds is 8. The van der Waals surface area contributed by atoms with Crippen LogP contribution in [0.15, 0.2) is 84.9 Å². The fourth-order valence-corrected chi connectivity index (χ4v) is 5.51. The first-order valence-corrected chi connectivity index (χ1v) is 11.5. The molecule has 1 unspecified atom stereocenters. The Morgan fingerprint density at radius 1 is 0.750 bits per heavy atom. The lowest BCUT2D eigenvalue weighted by atomic mass is 10.0. The molecule has 3 aromatic carbocycles. The Morgan fingerprint density at radius 2 is 1.32 bits per heavy atom. The van der Waals surface area contributed by atoms with E-state index in [2.05, 4.69) is 80.7 Å². The number of aliphatic hydroxyl groups is 1. The number of nitrogens with one attached hydrogen (secondary N) is 1. The fraction of sp³-hybridized carbons (Fsp3) is 0.280. The smallest absolute Gasteiger partial charge is 0.0940 e. The summed E-state index contributed by atoms with van der Waals surface area (Å²) >= 11 is 0. The molecule has 3 atom stereocenters. The summed E-state index contributed by atoms with van der Waals surface area (Å²) in [6.07, 6.45) is 0.321. The first kappa shape index (κ1) is 20.7. The summed E-state index contributed by atoms with van der Waals surface area (Å²) in [5.74, 6) is 0.513. The van der Waals surface area contributed by atoms with E-state index in [4.69, 9.17) is 0 Å². The highest BCUT2D eigenvalue weighted by molar-refractivity contribution is 7.72. The fourth-order valence-electron chi connectivity index (χ4n) is 3.28. The molecule has 146 valence electrons. The topological polar surface area (TPSA) is 32.3 Å². The second-order valence-electron chi connectivity index (χ2n) is 7.52. The Hall–Kier alpha value is -1.99. The molecule has 0 saturated heterocycles. The van der Waals surface area contributed by atoms with E-state index in [-0.39, 0.29) is 6.04 Å². The minimum atomic E-state index is -0.540. The molecule has 2 N–H and O–H groups in total. The summed E-state index contributed by atoms with van der Waals surface area (Å²) in [6.45, 7) is 6.53. The summed E-state index contributed by atoms with van der Waals surface area (Å²) in [6, 6.07) is 29.6. The Morgan fingerprint density at radius 3 is 1.96 bits per heavy atom. The zero-order valence-electron chi connectivity index (χ0n) is 16.9. The largest absolute Gasteiger partial charge is 0.387 e. The molecule has 0 aliphatic carbocycles. The van der Waals surface area contributed by atoms with Gasteiger partial charge in [0.1, 0.15) is 0 Å². The van der Waals surface area contributed by atoms with Crippen LogP contribution < -0.4 is 15.9 Å². The zero-order valence-corrected chi connectivity index (χ0v) is 17.8. The Bertz CT molecular complexity index is 851. The van der Waals surface area contributed by atoms with Crippen LogP contribution in [0.4, 0.5) is 0 Å². The van der Waals surface area contributed by atoms with E-state index in [1.165, 1.54) is 16.2 Å². The van der Waals surface area contributed by atoms with Gasteiger partial charge in [-0.15, -0.1) is 0 Å². The third kappa shape index (κ3) is 5.29. The van der Waals surface area contributed by atoms with Gasteiger partial charge in [-0.3, -0.25) is 0 Å². The maximum atomic E-state index is 10.7. The lowest BCUT2D eigenvalue weighted by Gasteiger charge is -2.25. The van der Waals surface area contributed by atoms with Crippen molar-refractivity contribution in [2.24, 2.45) is 0 Å². The highest BCUT2D eigenvalue weighted by atomic mass is 31.1. The summed E-state index contributed by atoms with van der Waals surface area (Å²) < 4.78 is 0. The van der Waals surface area contributed by atoms with Gasteiger partial charge in [0.25, 0.3) is 0 Å². The van der Waals surface area contributed by atoms with Gasteiger partial charge in [-0.2, -0.15) is 0 Å². The number of benzene rings is 3. The number of aliphatic hydroxyl groups excluding tert-OH is 1. The average Bonchev–Trinajstić information content (AvgIpc) is 2.75. The lowest BCUT2D eigenvalue weighted by molar-refractivity contribution is 0.139. The second kappa shape index (κ2) is 9.98. The van der Waals surface area contributed by atoms with Crippen molar-refractivity contribution in [3.8, 4) is 0 Å². The molecule has 0 radical (unpaired) electrons. The van der Waals surface area contributed by atoms with Crippen LogP contribution in [0.25, 0.3) is 0 Å². The van der Waals surface area contributed by atoms with Gasteiger partial charge in [0.05, 0.1) is 6.10 Å². The van der Waals surface area contributed by atoms with Crippen LogP contribution in [0.2, 0.25) is 0 Å².